The molecule has 0 saturated heterocycles. The van der Waals surface area contributed by atoms with Crippen LogP contribution >= 0.6 is 0 Å². The molecular weight excluding hydrogens is 374 g/mol. The molecule has 0 spiro atoms. The van der Waals surface area contributed by atoms with Gasteiger partial charge in [-0.1, -0.05) is 6.07 Å². The van der Waals surface area contributed by atoms with E-state index in [1.807, 2.05) is 0 Å². The number of carbonyl (C=O) groups excluding carboxylic acids is 3. The van der Waals surface area contributed by atoms with Crippen LogP contribution in [-0.2, 0) is 9.59 Å². The quantitative estimate of drug-likeness (QED) is 0.568. The Balaban J connectivity index is 1.58. The van der Waals surface area contributed by atoms with Gasteiger partial charge in [-0.25, -0.2) is 0 Å². The minimum atomic E-state index is -0.768. The summed E-state index contributed by atoms with van der Waals surface area (Å²) >= 11 is 0. The fourth-order valence-electron chi connectivity index (χ4n) is 2.54. The lowest BCUT2D eigenvalue weighted by molar-refractivity contribution is -0.119. The Morgan fingerprint density at radius 1 is 1.03 bits per heavy atom. The molecule has 9 nitrogen and oxygen atoms in total. The minimum absolute atomic E-state index is 0.238. The number of anilines is 2. The molecule has 0 aliphatic heterocycles. The second kappa shape index (κ2) is 8.87. The molecule has 0 aliphatic rings. The van der Waals surface area contributed by atoms with Crippen molar-refractivity contribution in [2.24, 2.45) is 0 Å². The van der Waals surface area contributed by atoms with E-state index in [0.29, 0.717) is 16.9 Å². The highest BCUT2D eigenvalue weighted by atomic mass is 16.3. The number of aromatic nitrogens is 2. The molecule has 0 unspecified atom stereocenters. The fourth-order valence-corrected chi connectivity index (χ4v) is 2.54. The van der Waals surface area contributed by atoms with E-state index in [1.54, 1.807) is 61.3 Å². The van der Waals surface area contributed by atoms with E-state index in [-0.39, 0.29) is 5.91 Å². The average Bonchev–Trinajstić information content (AvgIpc) is 3.41. The van der Waals surface area contributed by atoms with Gasteiger partial charge in [0.2, 0.25) is 11.8 Å². The Bertz CT molecular complexity index is 982. The van der Waals surface area contributed by atoms with E-state index in [9.17, 15) is 14.4 Å². The summed E-state index contributed by atoms with van der Waals surface area (Å²) in [6.45, 7) is 3.31. The van der Waals surface area contributed by atoms with E-state index >= 15 is 0 Å². The van der Waals surface area contributed by atoms with Crippen molar-refractivity contribution < 1.29 is 18.8 Å². The lowest BCUT2D eigenvalue weighted by atomic mass is 10.2. The molecule has 29 heavy (non-hydrogen) atoms. The highest BCUT2D eigenvalue weighted by Gasteiger charge is 2.18. The first kappa shape index (κ1) is 19.9. The van der Waals surface area contributed by atoms with Crippen LogP contribution in [0.3, 0.4) is 0 Å². The van der Waals surface area contributed by atoms with E-state index in [0.717, 1.165) is 0 Å². The zero-order chi connectivity index (χ0) is 20.8. The summed E-state index contributed by atoms with van der Waals surface area (Å²) in [6, 6.07) is 8.75. The largest absolute Gasteiger partial charge is 0.472 e. The van der Waals surface area contributed by atoms with Crippen LogP contribution in [0.15, 0.2) is 65.7 Å². The summed E-state index contributed by atoms with van der Waals surface area (Å²) in [5.74, 6) is -1.04. The van der Waals surface area contributed by atoms with Crippen molar-refractivity contribution in [1.29, 1.82) is 0 Å². The van der Waals surface area contributed by atoms with Crippen LogP contribution in [0.2, 0.25) is 0 Å². The first-order valence-corrected chi connectivity index (χ1v) is 8.98. The van der Waals surface area contributed by atoms with Gasteiger partial charge in [-0.2, -0.15) is 5.10 Å². The smallest absolute Gasteiger partial charge is 0.255 e. The topological polar surface area (TPSA) is 118 Å². The Morgan fingerprint density at radius 3 is 2.38 bits per heavy atom. The van der Waals surface area contributed by atoms with Crippen molar-refractivity contribution in [3.05, 3.63) is 66.9 Å². The molecule has 0 radical (unpaired) electrons. The third-order valence-electron chi connectivity index (χ3n) is 4.22. The fraction of sp³-hybridized carbons (Fsp3) is 0.200. The molecule has 3 aromatic rings. The number of amides is 3. The van der Waals surface area contributed by atoms with E-state index in [4.69, 9.17) is 4.42 Å². The summed E-state index contributed by atoms with van der Waals surface area (Å²) < 4.78 is 6.40. The Kier molecular flexibility index (Phi) is 6.08. The number of furan rings is 1. The lowest BCUT2D eigenvalue weighted by Crippen LogP contribution is -2.41. The van der Waals surface area contributed by atoms with Gasteiger partial charge in [-0.05, 0) is 44.2 Å². The molecule has 1 aromatic carbocycles. The SMILES string of the molecule is C[C@H](C(=O)Nc1cccc(NC(=O)[C@@H](C)NC(=O)c2ccoc2)c1)n1cccn1. The van der Waals surface area contributed by atoms with Crippen LogP contribution in [0, 0.1) is 0 Å². The predicted octanol–water partition coefficient (Wildman–Crippen LogP) is 2.43. The van der Waals surface area contributed by atoms with Crippen LogP contribution in [-0.4, -0.2) is 33.5 Å². The Hall–Kier alpha value is -3.88. The van der Waals surface area contributed by atoms with Crippen molar-refractivity contribution in [2.75, 3.05) is 10.6 Å². The minimum Gasteiger partial charge on any atom is -0.472 e. The maximum atomic E-state index is 12.4. The van der Waals surface area contributed by atoms with E-state index < -0.39 is 23.9 Å². The summed E-state index contributed by atoms with van der Waals surface area (Å²) in [5, 5.41) is 12.2. The normalized spacial score (nSPS) is 12.6. The molecule has 2 atom stereocenters. The van der Waals surface area contributed by atoms with Crippen LogP contribution in [0.4, 0.5) is 11.4 Å². The van der Waals surface area contributed by atoms with Crippen LogP contribution in [0.1, 0.15) is 30.2 Å². The van der Waals surface area contributed by atoms with Gasteiger partial charge in [0.05, 0.1) is 11.8 Å². The highest BCUT2D eigenvalue weighted by Crippen LogP contribution is 2.17. The maximum Gasteiger partial charge on any atom is 0.255 e. The molecule has 150 valence electrons. The zero-order valence-electron chi connectivity index (χ0n) is 16.0. The van der Waals surface area contributed by atoms with Crippen molar-refractivity contribution in [3.63, 3.8) is 0 Å². The predicted molar refractivity (Wildman–Crippen MR) is 106 cm³/mol. The van der Waals surface area contributed by atoms with Crippen molar-refractivity contribution in [1.82, 2.24) is 15.1 Å². The third kappa shape index (κ3) is 5.10. The van der Waals surface area contributed by atoms with Crippen molar-refractivity contribution >= 4 is 29.1 Å². The standard InChI is InChI=1S/C20H21N5O4/c1-13(22-20(28)15-7-10-29-12-15)18(26)23-16-5-3-6-17(11-16)24-19(27)14(2)25-9-4-8-21-25/h3-14H,1-2H3,(H,22,28)(H,23,26)(H,24,27)/t13-,14-/m1/s1. The van der Waals surface area contributed by atoms with E-state index in [1.165, 1.54) is 18.6 Å². The summed E-state index contributed by atoms with van der Waals surface area (Å²) in [5.41, 5.74) is 1.35. The Morgan fingerprint density at radius 2 is 1.76 bits per heavy atom. The molecular formula is C20H21N5O4. The average molecular weight is 395 g/mol. The number of rotatable bonds is 7. The summed E-state index contributed by atoms with van der Waals surface area (Å²) in [6.07, 6.45) is 6.00. The van der Waals surface area contributed by atoms with Crippen molar-refractivity contribution in [2.45, 2.75) is 25.9 Å². The van der Waals surface area contributed by atoms with Gasteiger partial charge in [0.15, 0.2) is 0 Å². The molecule has 2 heterocycles. The molecule has 0 aliphatic carbocycles. The zero-order valence-corrected chi connectivity index (χ0v) is 16.0. The molecule has 0 saturated carbocycles. The summed E-state index contributed by atoms with van der Waals surface area (Å²) in [4.78, 5) is 36.7. The van der Waals surface area contributed by atoms with Gasteiger partial charge in [0.1, 0.15) is 18.3 Å². The van der Waals surface area contributed by atoms with Gasteiger partial charge in [-0.15, -0.1) is 0 Å². The maximum absolute atomic E-state index is 12.4. The van der Waals surface area contributed by atoms with E-state index in [2.05, 4.69) is 21.0 Å². The molecule has 0 fully saturated rings. The molecule has 0 bridgehead atoms. The molecule has 3 N–H and O–H groups in total. The summed E-state index contributed by atoms with van der Waals surface area (Å²) in [7, 11) is 0. The monoisotopic (exact) mass is 395 g/mol. The molecule has 3 amide bonds. The number of nitrogens with one attached hydrogen (secondary N) is 3. The van der Waals surface area contributed by atoms with Gasteiger partial charge in [0, 0.05) is 23.8 Å². The molecule has 2 aromatic heterocycles. The van der Waals surface area contributed by atoms with Crippen LogP contribution < -0.4 is 16.0 Å². The van der Waals surface area contributed by atoms with Crippen molar-refractivity contribution in [3.8, 4) is 0 Å². The van der Waals surface area contributed by atoms with Crippen LogP contribution in [0.5, 0.6) is 0 Å². The Labute approximate surface area is 167 Å². The number of hydrogen-bond donors (Lipinski definition) is 3. The van der Waals surface area contributed by atoms with Gasteiger partial charge in [-0.3, -0.25) is 19.1 Å². The second-order valence-electron chi connectivity index (χ2n) is 6.43. The molecule has 9 heteroatoms. The highest BCUT2D eigenvalue weighted by molar-refractivity contribution is 6.01. The van der Waals surface area contributed by atoms with Gasteiger partial charge < -0.3 is 20.4 Å². The second-order valence-corrected chi connectivity index (χ2v) is 6.43. The first-order chi connectivity index (χ1) is 13.9. The number of carbonyl (C=O) groups is 3. The third-order valence-corrected chi connectivity index (χ3v) is 4.22. The van der Waals surface area contributed by atoms with Crippen LogP contribution in [0.25, 0.3) is 0 Å². The number of hydrogen-bond acceptors (Lipinski definition) is 5. The van der Waals surface area contributed by atoms with Gasteiger partial charge >= 0.3 is 0 Å². The molecule has 3 rings (SSSR count). The first-order valence-electron chi connectivity index (χ1n) is 8.98. The van der Waals surface area contributed by atoms with Gasteiger partial charge in [0.25, 0.3) is 5.91 Å². The number of nitrogens with zero attached hydrogens (tertiary/aromatic N) is 2. The number of benzene rings is 1. The lowest BCUT2D eigenvalue weighted by Gasteiger charge is -2.15.